The van der Waals surface area contributed by atoms with Gasteiger partial charge in [-0.2, -0.15) is 0 Å². The number of carbonyl (C=O) groups is 1. The number of alkyl halides is 1. The molecule has 7 heteroatoms. The third-order valence-electron chi connectivity index (χ3n) is 5.81. The van der Waals surface area contributed by atoms with Crippen molar-refractivity contribution in [2.45, 2.75) is 70.2 Å². The third kappa shape index (κ3) is 6.57. The normalized spacial score (nSPS) is 20.7. The Balaban J connectivity index is 0.00000341. The van der Waals surface area contributed by atoms with E-state index in [0.717, 1.165) is 19.3 Å². The molecule has 30 heavy (non-hydrogen) atoms. The van der Waals surface area contributed by atoms with E-state index in [1.807, 2.05) is 4.90 Å². The Hall–Kier alpha value is -1.86. The van der Waals surface area contributed by atoms with Crippen molar-refractivity contribution in [3.8, 4) is 11.5 Å². The summed E-state index contributed by atoms with van der Waals surface area (Å²) in [5.41, 5.74) is 0.656. The van der Waals surface area contributed by atoms with Gasteiger partial charge in [0.15, 0.2) is 11.5 Å². The van der Waals surface area contributed by atoms with Gasteiger partial charge in [-0.1, -0.05) is 38.7 Å². The first-order valence-corrected chi connectivity index (χ1v) is 11.3. The molecular formula is C23H37FN2O4. The van der Waals surface area contributed by atoms with Crippen LogP contribution < -0.4 is 14.8 Å². The van der Waals surface area contributed by atoms with Gasteiger partial charge in [-0.15, -0.1) is 0 Å². The molecule has 2 N–H and O–H groups in total. The molecule has 6 nitrogen and oxygen atoms in total. The van der Waals surface area contributed by atoms with Crippen LogP contribution in [0.2, 0.25) is 0 Å². The molecule has 0 aromatic heterocycles. The van der Waals surface area contributed by atoms with Gasteiger partial charge in [0.05, 0.1) is 6.04 Å². The van der Waals surface area contributed by atoms with E-state index in [9.17, 15) is 14.3 Å². The van der Waals surface area contributed by atoms with Crippen molar-refractivity contribution < 1.29 is 25.2 Å². The maximum atomic E-state index is 13.6. The number of hydrogen-bond acceptors (Lipinski definition) is 5. The van der Waals surface area contributed by atoms with E-state index >= 15 is 0 Å². The van der Waals surface area contributed by atoms with E-state index in [2.05, 4.69) is 12.2 Å². The van der Waals surface area contributed by atoms with Crippen LogP contribution in [-0.2, 0) is 4.79 Å². The predicted molar refractivity (Wildman–Crippen MR) is 116 cm³/mol. The van der Waals surface area contributed by atoms with Crippen molar-refractivity contribution in [3.05, 3.63) is 23.8 Å². The highest BCUT2D eigenvalue weighted by Gasteiger charge is 2.30. The lowest BCUT2D eigenvalue weighted by Crippen LogP contribution is -2.46. The zero-order valence-electron chi connectivity index (χ0n) is 17.9. The second kappa shape index (κ2) is 11.5. The molecule has 3 atom stereocenters. The van der Waals surface area contributed by atoms with Gasteiger partial charge in [0.1, 0.15) is 25.5 Å². The summed E-state index contributed by atoms with van der Waals surface area (Å²) in [7, 11) is 0. The second-order valence-electron chi connectivity index (χ2n) is 8.33. The molecule has 170 valence electrons. The summed E-state index contributed by atoms with van der Waals surface area (Å²) < 4.78 is 24.8. The SMILES string of the molecule is CCCCCCCC(=O)N[C@H](CN1CC[C@H](F)C1)[C@H](O)c1ccc2c(c1)OCCO2.[HH]. The Morgan fingerprint density at radius 1 is 1.27 bits per heavy atom. The molecule has 2 aliphatic rings. The van der Waals surface area contributed by atoms with Crippen LogP contribution >= 0.6 is 0 Å². The summed E-state index contributed by atoms with van der Waals surface area (Å²) in [5.74, 6) is 1.19. The fourth-order valence-corrected chi connectivity index (χ4v) is 4.10. The minimum atomic E-state index is -0.913. The van der Waals surface area contributed by atoms with Gasteiger partial charge in [-0.05, 0) is 30.5 Å². The average Bonchev–Trinajstić information content (AvgIpc) is 3.17. The van der Waals surface area contributed by atoms with Crippen LogP contribution in [0.15, 0.2) is 18.2 Å². The number of nitrogens with zero attached hydrogens (tertiary/aromatic N) is 1. The van der Waals surface area contributed by atoms with E-state index in [1.165, 1.54) is 12.8 Å². The van der Waals surface area contributed by atoms with Crippen LogP contribution in [0.1, 0.15) is 65.0 Å². The lowest BCUT2D eigenvalue weighted by atomic mass is 10.0. The number of halogens is 1. The van der Waals surface area contributed by atoms with Crippen LogP contribution in [-0.4, -0.2) is 61.0 Å². The smallest absolute Gasteiger partial charge is 0.220 e. The van der Waals surface area contributed by atoms with Crippen molar-refractivity contribution in [1.29, 1.82) is 0 Å². The van der Waals surface area contributed by atoms with E-state index in [1.54, 1.807) is 18.2 Å². The second-order valence-corrected chi connectivity index (χ2v) is 8.33. The Kier molecular flexibility index (Phi) is 8.75. The lowest BCUT2D eigenvalue weighted by Gasteiger charge is -2.29. The van der Waals surface area contributed by atoms with Crippen molar-refractivity contribution in [1.82, 2.24) is 10.2 Å². The number of aliphatic hydroxyl groups is 1. The minimum absolute atomic E-state index is 0. The Morgan fingerprint density at radius 3 is 2.77 bits per heavy atom. The largest absolute Gasteiger partial charge is 0.486 e. The molecule has 1 aromatic carbocycles. The number of likely N-dealkylation sites (tertiary alicyclic amines) is 1. The summed E-state index contributed by atoms with van der Waals surface area (Å²) in [6, 6.07) is 4.84. The van der Waals surface area contributed by atoms with Gasteiger partial charge in [-0.3, -0.25) is 9.69 Å². The summed E-state index contributed by atoms with van der Waals surface area (Å²) in [6.07, 6.45) is 4.56. The van der Waals surface area contributed by atoms with Crippen LogP contribution in [0.3, 0.4) is 0 Å². The Morgan fingerprint density at radius 2 is 2.03 bits per heavy atom. The van der Waals surface area contributed by atoms with E-state index in [4.69, 9.17) is 9.47 Å². The highest BCUT2D eigenvalue weighted by Crippen LogP contribution is 2.33. The number of ether oxygens (including phenoxy) is 2. The average molecular weight is 425 g/mol. The fraction of sp³-hybridized carbons (Fsp3) is 0.696. The highest BCUT2D eigenvalue weighted by atomic mass is 19.1. The van der Waals surface area contributed by atoms with Gasteiger partial charge in [0.2, 0.25) is 5.91 Å². The van der Waals surface area contributed by atoms with Crippen LogP contribution in [0.25, 0.3) is 0 Å². The Bertz CT molecular complexity index is 694. The standard InChI is InChI=1S/C23H35FN2O4.H2/c1-2-3-4-5-6-7-22(27)25-19(16-26-11-10-18(24)15-26)23(28)17-8-9-20-21(14-17)30-13-12-29-20;/h8-9,14,18-19,23,28H,2-7,10-13,15-16H2,1H3,(H,25,27);1H/t18-,19+,23+;/m0./s1. The Labute approximate surface area is 180 Å². The topological polar surface area (TPSA) is 71.0 Å². The molecule has 2 aliphatic heterocycles. The number of benzene rings is 1. The molecule has 1 saturated heterocycles. The van der Waals surface area contributed by atoms with Gasteiger partial charge in [-0.25, -0.2) is 4.39 Å². The summed E-state index contributed by atoms with van der Waals surface area (Å²) in [5, 5.41) is 14.1. The number of nitrogens with one attached hydrogen (secondary N) is 1. The van der Waals surface area contributed by atoms with Gasteiger partial charge < -0.3 is 19.9 Å². The molecule has 0 unspecified atom stereocenters. The van der Waals surface area contributed by atoms with Crippen molar-refractivity contribution in [2.24, 2.45) is 0 Å². The third-order valence-corrected chi connectivity index (χ3v) is 5.81. The number of fused-ring (bicyclic) bond motifs is 1. The van der Waals surface area contributed by atoms with E-state index in [-0.39, 0.29) is 7.33 Å². The highest BCUT2D eigenvalue weighted by molar-refractivity contribution is 5.76. The van der Waals surface area contributed by atoms with Crippen LogP contribution in [0.5, 0.6) is 11.5 Å². The molecular weight excluding hydrogens is 387 g/mol. The van der Waals surface area contributed by atoms with Gasteiger partial charge in [0.25, 0.3) is 0 Å². The number of amides is 1. The summed E-state index contributed by atoms with van der Waals surface area (Å²) >= 11 is 0. The quantitative estimate of drug-likeness (QED) is 0.531. The maximum absolute atomic E-state index is 13.6. The van der Waals surface area contributed by atoms with Crippen molar-refractivity contribution in [3.63, 3.8) is 0 Å². The first-order chi connectivity index (χ1) is 14.6. The zero-order chi connectivity index (χ0) is 21.3. The lowest BCUT2D eigenvalue weighted by molar-refractivity contribution is -0.123. The summed E-state index contributed by atoms with van der Waals surface area (Å²) in [4.78, 5) is 14.5. The van der Waals surface area contributed by atoms with Gasteiger partial charge in [0, 0.05) is 27.5 Å². The van der Waals surface area contributed by atoms with Crippen LogP contribution in [0, 0.1) is 0 Å². The molecule has 0 radical (unpaired) electrons. The number of rotatable bonds is 11. The predicted octanol–water partition coefficient (Wildman–Crippen LogP) is 3.63. The first-order valence-electron chi connectivity index (χ1n) is 11.3. The number of hydrogen-bond donors (Lipinski definition) is 2. The molecule has 2 heterocycles. The van der Waals surface area contributed by atoms with Gasteiger partial charge >= 0.3 is 0 Å². The zero-order valence-corrected chi connectivity index (χ0v) is 17.9. The molecule has 0 saturated carbocycles. The maximum Gasteiger partial charge on any atom is 0.220 e. The summed E-state index contributed by atoms with van der Waals surface area (Å²) in [6.45, 7) is 4.53. The number of unbranched alkanes of at least 4 members (excludes halogenated alkanes) is 4. The van der Waals surface area contributed by atoms with Crippen LogP contribution in [0.4, 0.5) is 4.39 Å². The fourth-order valence-electron chi connectivity index (χ4n) is 4.10. The van der Waals surface area contributed by atoms with Crippen molar-refractivity contribution in [2.75, 3.05) is 32.8 Å². The molecule has 0 aliphatic carbocycles. The van der Waals surface area contributed by atoms with E-state index < -0.39 is 18.3 Å². The first kappa shape index (κ1) is 22.8. The molecule has 1 aromatic rings. The molecule has 1 amide bonds. The molecule has 3 rings (SSSR count). The molecule has 0 bridgehead atoms. The molecule has 1 fully saturated rings. The van der Waals surface area contributed by atoms with E-state index in [0.29, 0.717) is 62.8 Å². The van der Waals surface area contributed by atoms with Crippen molar-refractivity contribution >= 4 is 5.91 Å². The molecule has 0 spiro atoms. The number of carbonyl (C=O) groups excluding carboxylic acids is 1. The number of aliphatic hydroxyl groups excluding tert-OH is 1. The minimum Gasteiger partial charge on any atom is -0.486 e. The monoisotopic (exact) mass is 424 g/mol.